The summed E-state index contributed by atoms with van der Waals surface area (Å²) in [4.78, 5) is 27.4. The minimum Gasteiger partial charge on any atom is -0.469 e. The number of carbonyl (C=O) groups is 2. The van der Waals surface area contributed by atoms with E-state index in [1.165, 1.54) is 4.90 Å². The molecule has 1 atom stereocenters. The minimum absolute atomic E-state index is 0.265. The molecule has 0 saturated heterocycles. The van der Waals surface area contributed by atoms with Crippen LogP contribution < -0.4 is 4.74 Å². The lowest BCUT2D eigenvalue weighted by Crippen LogP contribution is -2.57. The van der Waals surface area contributed by atoms with Crippen molar-refractivity contribution in [1.29, 1.82) is 0 Å². The summed E-state index contributed by atoms with van der Waals surface area (Å²) < 4.78 is 7.62. The molecular weight excluding hydrogens is 328 g/mol. The number of hydrogen-bond acceptors (Lipinski definition) is 3. The molecule has 5 heteroatoms. The summed E-state index contributed by atoms with van der Waals surface area (Å²) in [5.41, 5.74) is 2.50. The van der Waals surface area contributed by atoms with E-state index in [1.807, 2.05) is 61.5 Å². The standard InChI is InChI=1S/C21H21N2O3/c1-2-3-13-22-20(24)19-18(16-11-7-8-12-17(16)26-19)23(21(22)25)14-15-9-5-4-6-10-15/h4-12,19H,2-3,13-14H2,1H3/q+1. The molecule has 2 aliphatic heterocycles. The summed E-state index contributed by atoms with van der Waals surface area (Å²) in [6.07, 6.45) is 0.953. The largest absolute Gasteiger partial charge is 0.501 e. The van der Waals surface area contributed by atoms with Gasteiger partial charge in [-0.3, -0.25) is 0 Å². The second kappa shape index (κ2) is 6.75. The van der Waals surface area contributed by atoms with Gasteiger partial charge in [-0.25, -0.2) is 4.79 Å². The van der Waals surface area contributed by atoms with Gasteiger partial charge >= 0.3 is 11.9 Å². The number of para-hydroxylation sites is 1. The molecule has 4 rings (SSSR count). The highest BCUT2D eigenvalue weighted by Gasteiger charge is 2.53. The van der Waals surface area contributed by atoms with Crippen molar-refractivity contribution in [2.45, 2.75) is 32.4 Å². The molecule has 5 nitrogen and oxygen atoms in total. The second-order valence-electron chi connectivity index (χ2n) is 6.58. The molecule has 2 aromatic carbocycles. The van der Waals surface area contributed by atoms with Crippen molar-refractivity contribution in [1.82, 2.24) is 4.90 Å². The molecule has 0 saturated carbocycles. The van der Waals surface area contributed by atoms with Crippen molar-refractivity contribution in [2.24, 2.45) is 0 Å². The van der Waals surface area contributed by atoms with Gasteiger partial charge in [-0.05, 0) is 24.1 Å². The van der Waals surface area contributed by atoms with Crippen LogP contribution in [-0.2, 0) is 11.3 Å². The van der Waals surface area contributed by atoms with Crippen LogP contribution in [0.25, 0.3) is 0 Å². The fraction of sp³-hybridized carbons (Fsp3) is 0.286. The minimum atomic E-state index is -0.745. The van der Waals surface area contributed by atoms with Crippen molar-refractivity contribution >= 4 is 17.6 Å². The van der Waals surface area contributed by atoms with E-state index < -0.39 is 6.10 Å². The molecule has 2 aliphatic rings. The molecule has 2 heterocycles. The highest BCUT2D eigenvalue weighted by atomic mass is 16.5. The first kappa shape index (κ1) is 16.5. The Labute approximate surface area is 152 Å². The van der Waals surface area contributed by atoms with Crippen LogP contribution in [0.2, 0.25) is 0 Å². The van der Waals surface area contributed by atoms with Gasteiger partial charge < -0.3 is 4.74 Å². The van der Waals surface area contributed by atoms with Crippen LogP contribution >= 0.6 is 0 Å². The molecule has 0 radical (unpaired) electrons. The molecule has 1 unspecified atom stereocenters. The number of ether oxygens (including phenoxy) is 1. The normalized spacial score (nSPS) is 18.7. The Kier molecular flexibility index (Phi) is 4.29. The summed E-state index contributed by atoms with van der Waals surface area (Å²) in [7, 11) is 0. The number of rotatable bonds is 5. The zero-order valence-corrected chi connectivity index (χ0v) is 14.7. The number of benzene rings is 2. The number of hydrogen-bond donors (Lipinski definition) is 0. The molecule has 0 fully saturated rings. The topological polar surface area (TPSA) is 49.6 Å². The highest BCUT2D eigenvalue weighted by molar-refractivity contribution is 6.21. The third-order valence-corrected chi connectivity index (χ3v) is 4.82. The Hall–Kier alpha value is -2.95. The highest BCUT2D eigenvalue weighted by Crippen LogP contribution is 2.32. The number of nitrogens with zero attached hydrogens (tertiary/aromatic N) is 2. The molecular formula is C21H21N2O3+. The second-order valence-corrected chi connectivity index (χ2v) is 6.58. The van der Waals surface area contributed by atoms with Gasteiger partial charge in [0, 0.05) is 0 Å². The van der Waals surface area contributed by atoms with Gasteiger partial charge in [0.25, 0.3) is 6.10 Å². The fourth-order valence-electron chi connectivity index (χ4n) is 3.48. The van der Waals surface area contributed by atoms with Crippen LogP contribution in [0.4, 0.5) is 4.79 Å². The van der Waals surface area contributed by atoms with Gasteiger partial charge in [0.1, 0.15) is 12.3 Å². The van der Waals surface area contributed by atoms with Crippen molar-refractivity contribution < 1.29 is 18.9 Å². The molecule has 0 aromatic heterocycles. The zero-order chi connectivity index (χ0) is 18.1. The summed E-state index contributed by atoms with van der Waals surface area (Å²) in [5.74, 6) is 0.392. The molecule has 0 spiro atoms. The van der Waals surface area contributed by atoms with Crippen molar-refractivity contribution in [2.75, 3.05) is 6.54 Å². The number of imide groups is 1. The third-order valence-electron chi connectivity index (χ3n) is 4.82. The molecule has 3 amide bonds. The molecule has 0 bridgehead atoms. The summed E-state index contributed by atoms with van der Waals surface area (Å²) >= 11 is 0. The SMILES string of the molecule is CCCCN1C(=O)C2Oc3ccccc3C2=[N+](Cc2ccccc2)C1=O. The van der Waals surface area contributed by atoms with Gasteiger partial charge in [-0.1, -0.05) is 55.8 Å². The number of unbranched alkanes of at least 4 members (excludes halogenated alkanes) is 1. The van der Waals surface area contributed by atoms with E-state index in [-0.39, 0.29) is 11.9 Å². The van der Waals surface area contributed by atoms with Crippen molar-refractivity contribution in [3.63, 3.8) is 0 Å². The van der Waals surface area contributed by atoms with E-state index in [0.29, 0.717) is 24.6 Å². The number of fused-ring (bicyclic) bond motifs is 3. The van der Waals surface area contributed by atoms with E-state index in [4.69, 9.17) is 4.74 Å². The first-order valence-electron chi connectivity index (χ1n) is 9.00. The predicted octanol–water partition coefficient (Wildman–Crippen LogP) is 3.21. The summed E-state index contributed by atoms with van der Waals surface area (Å²) in [6.45, 7) is 2.88. The lowest BCUT2D eigenvalue weighted by Gasteiger charge is -2.24. The Bertz CT molecular complexity index is 889. The van der Waals surface area contributed by atoms with Gasteiger partial charge in [0.05, 0.1) is 12.1 Å². The fourth-order valence-corrected chi connectivity index (χ4v) is 3.48. The summed E-state index contributed by atoms with van der Waals surface area (Å²) in [5, 5.41) is 0. The van der Waals surface area contributed by atoms with Gasteiger partial charge in [-0.2, -0.15) is 14.3 Å². The van der Waals surface area contributed by atoms with E-state index in [9.17, 15) is 9.59 Å². The van der Waals surface area contributed by atoms with Gasteiger partial charge in [0.15, 0.2) is 5.71 Å². The lowest BCUT2D eigenvalue weighted by molar-refractivity contribution is -0.456. The van der Waals surface area contributed by atoms with Crippen LogP contribution in [-0.4, -0.2) is 39.8 Å². The molecule has 0 aliphatic carbocycles. The van der Waals surface area contributed by atoms with Crippen LogP contribution in [0.5, 0.6) is 5.75 Å². The maximum Gasteiger partial charge on any atom is 0.501 e. The number of urea groups is 1. The smallest absolute Gasteiger partial charge is 0.469 e. The first-order chi connectivity index (χ1) is 12.7. The van der Waals surface area contributed by atoms with Crippen molar-refractivity contribution in [3.05, 3.63) is 65.7 Å². The number of carbonyl (C=O) groups excluding carboxylic acids is 2. The molecule has 0 N–H and O–H groups in total. The van der Waals surface area contributed by atoms with E-state index in [2.05, 4.69) is 0 Å². The summed E-state index contributed by atoms with van der Waals surface area (Å²) in [6, 6.07) is 17.1. The Morgan fingerprint density at radius 3 is 2.54 bits per heavy atom. The first-order valence-corrected chi connectivity index (χ1v) is 9.00. The Balaban J connectivity index is 1.82. The zero-order valence-electron chi connectivity index (χ0n) is 14.7. The van der Waals surface area contributed by atoms with E-state index in [1.54, 1.807) is 4.58 Å². The number of amides is 3. The maximum absolute atomic E-state index is 13.2. The lowest BCUT2D eigenvalue weighted by atomic mass is 10.0. The maximum atomic E-state index is 13.2. The van der Waals surface area contributed by atoms with Crippen LogP contribution in [0, 0.1) is 0 Å². The van der Waals surface area contributed by atoms with Gasteiger partial charge in [0.2, 0.25) is 0 Å². The average molecular weight is 349 g/mol. The van der Waals surface area contributed by atoms with E-state index in [0.717, 1.165) is 24.0 Å². The third kappa shape index (κ3) is 2.69. The van der Waals surface area contributed by atoms with Crippen LogP contribution in [0.3, 0.4) is 0 Å². The Morgan fingerprint density at radius 2 is 1.77 bits per heavy atom. The quantitative estimate of drug-likeness (QED) is 0.779. The Morgan fingerprint density at radius 1 is 1.04 bits per heavy atom. The molecule has 26 heavy (non-hydrogen) atoms. The molecule has 132 valence electrons. The van der Waals surface area contributed by atoms with Crippen LogP contribution in [0.1, 0.15) is 30.9 Å². The average Bonchev–Trinajstić information content (AvgIpc) is 3.06. The van der Waals surface area contributed by atoms with Crippen LogP contribution in [0.15, 0.2) is 54.6 Å². The monoisotopic (exact) mass is 349 g/mol. The van der Waals surface area contributed by atoms with Gasteiger partial charge in [-0.15, -0.1) is 0 Å². The molecule has 2 aromatic rings. The van der Waals surface area contributed by atoms with E-state index >= 15 is 0 Å². The predicted molar refractivity (Wildman–Crippen MR) is 97.4 cm³/mol. The van der Waals surface area contributed by atoms with Crippen molar-refractivity contribution in [3.8, 4) is 5.75 Å².